The van der Waals surface area contributed by atoms with E-state index >= 15 is 0 Å². The van der Waals surface area contributed by atoms with Gasteiger partial charge in [-0.25, -0.2) is 4.98 Å². The van der Waals surface area contributed by atoms with Crippen molar-refractivity contribution in [1.29, 1.82) is 0 Å². The molecule has 1 heterocycles. The lowest BCUT2D eigenvalue weighted by atomic mass is 9.95. The van der Waals surface area contributed by atoms with Crippen molar-refractivity contribution in [2.45, 2.75) is 19.3 Å². The van der Waals surface area contributed by atoms with E-state index in [1.807, 2.05) is 18.2 Å². The van der Waals surface area contributed by atoms with Crippen LogP contribution < -0.4 is 11.3 Å². The minimum atomic E-state index is -0.123. The van der Waals surface area contributed by atoms with Crippen molar-refractivity contribution >= 4 is 5.95 Å². The molecule has 2 aromatic carbocycles. The molecule has 3 rings (SSSR count). The lowest BCUT2D eigenvalue weighted by Crippen LogP contribution is -2.22. The van der Waals surface area contributed by atoms with Crippen LogP contribution in [0.15, 0.2) is 65.5 Å². The first-order valence-corrected chi connectivity index (χ1v) is 8.02. The summed E-state index contributed by atoms with van der Waals surface area (Å²) in [6, 6.07) is 20.3. The standard InChI is InChI=1S/C20H21N3O/c1-14(18-13-19(24)23(2)20(21)22-18)11-15-7-6-10-17(12-15)16-8-4-3-5-9-16/h3-10,12-14H,11H2,1-2H3,(H2,21,22)/t14-/m0/s1. The first-order valence-electron chi connectivity index (χ1n) is 8.02. The van der Waals surface area contributed by atoms with E-state index in [2.05, 4.69) is 48.3 Å². The van der Waals surface area contributed by atoms with E-state index in [-0.39, 0.29) is 17.4 Å². The Labute approximate surface area is 141 Å². The fourth-order valence-electron chi connectivity index (χ4n) is 2.79. The minimum absolute atomic E-state index is 0.118. The van der Waals surface area contributed by atoms with E-state index < -0.39 is 0 Å². The van der Waals surface area contributed by atoms with Gasteiger partial charge in [-0.3, -0.25) is 9.36 Å². The van der Waals surface area contributed by atoms with Gasteiger partial charge < -0.3 is 5.73 Å². The molecule has 2 N–H and O–H groups in total. The predicted octanol–water partition coefficient (Wildman–Crippen LogP) is 3.38. The largest absolute Gasteiger partial charge is 0.369 e. The minimum Gasteiger partial charge on any atom is -0.369 e. The maximum Gasteiger partial charge on any atom is 0.254 e. The average molecular weight is 319 g/mol. The highest BCUT2D eigenvalue weighted by Crippen LogP contribution is 2.23. The zero-order valence-corrected chi connectivity index (χ0v) is 13.9. The SMILES string of the molecule is C[C@@H](Cc1cccc(-c2ccccc2)c1)c1cc(=O)n(C)c(N)n1. The lowest BCUT2D eigenvalue weighted by molar-refractivity contribution is 0.710. The molecule has 4 nitrogen and oxygen atoms in total. The van der Waals surface area contributed by atoms with Crippen LogP contribution in [0.4, 0.5) is 5.95 Å². The first kappa shape index (κ1) is 16.0. The summed E-state index contributed by atoms with van der Waals surface area (Å²) < 4.78 is 1.35. The van der Waals surface area contributed by atoms with Crippen molar-refractivity contribution in [2.24, 2.45) is 7.05 Å². The van der Waals surface area contributed by atoms with Gasteiger partial charge in [0.2, 0.25) is 5.95 Å². The van der Waals surface area contributed by atoms with Crippen molar-refractivity contribution < 1.29 is 0 Å². The number of hydrogen-bond acceptors (Lipinski definition) is 3. The maximum atomic E-state index is 11.9. The first-order chi connectivity index (χ1) is 11.5. The molecule has 0 radical (unpaired) electrons. The van der Waals surface area contributed by atoms with Crippen LogP contribution in [0.2, 0.25) is 0 Å². The third-order valence-electron chi connectivity index (χ3n) is 4.27. The van der Waals surface area contributed by atoms with Gasteiger partial charge in [-0.15, -0.1) is 0 Å². The molecule has 0 bridgehead atoms. The van der Waals surface area contributed by atoms with Gasteiger partial charge in [0.05, 0.1) is 5.69 Å². The normalized spacial score (nSPS) is 12.1. The number of nitrogens with two attached hydrogens (primary N) is 1. The molecule has 0 aliphatic carbocycles. The Balaban J connectivity index is 1.85. The van der Waals surface area contributed by atoms with Crippen LogP contribution in [-0.2, 0) is 13.5 Å². The van der Waals surface area contributed by atoms with Gasteiger partial charge in [0.15, 0.2) is 0 Å². The van der Waals surface area contributed by atoms with Gasteiger partial charge in [-0.05, 0) is 23.1 Å². The molecule has 1 aromatic heterocycles. The molecular formula is C20H21N3O. The highest BCUT2D eigenvalue weighted by atomic mass is 16.1. The number of benzene rings is 2. The van der Waals surface area contributed by atoms with Gasteiger partial charge in [0.1, 0.15) is 0 Å². The Morgan fingerprint density at radius 2 is 1.75 bits per heavy atom. The molecule has 3 aromatic rings. The van der Waals surface area contributed by atoms with E-state index in [0.717, 1.165) is 12.1 Å². The van der Waals surface area contributed by atoms with E-state index in [0.29, 0.717) is 0 Å². The summed E-state index contributed by atoms with van der Waals surface area (Å²) in [4.78, 5) is 16.3. The molecule has 0 spiro atoms. The molecule has 24 heavy (non-hydrogen) atoms. The highest BCUT2D eigenvalue weighted by Gasteiger charge is 2.12. The molecule has 0 unspecified atom stereocenters. The maximum absolute atomic E-state index is 11.9. The van der Waals surface area contributed by atoms with Crippen LogP contribution in [0.1, 0.15) is 24.1 Å². The fraction of sp³-hybridized carbons (Fsp3) is 0.200. The van der Waals surface area contributed by atoms with Crippen molar-refractivity contribution in [1.82, 2.24) is 9.55 Å². The summed E-state index contributed by atoms with van der Waals surface area (Å²) in [5, 5.41) is 0. The van der Waals surface area contributed by atoms with Crippen LogP contribution in [0.3, 0.4) is 0 Å². The van der Waals surface area contributed by atoms with E-state index in [1.165, 1.54) is 21.3 Å². The summed E-state index contributed by atoms with van der Waals surface area (Å²) in [5.41, 5.74) is 10.0. The predicted molar refractivity (Wildman–Crippen MR) is 97.9 cm³/mol. The number of nitrogens with zero attached hydrogens (tertiary/aromatic N) is 2. The summed E-state index contributed by atoms with van der Waals surface area (Å²) in [6.07, 6.45) is 0.806. The number of anilines is 1. The number of nitrogen functional groups attached to an aromatic ring is 1. The summed E-state index contributed by atoms with van der Waals surface area (Å²) in [6.45, 7) is 2.07. The molecule has 0 aliphatic heterocycles. The quantitative estimate of drug-likeness (QED) is 0.802. The van der Waals surface area contributed by atoms with Gasteiger partial charge in [0, 0.05) is 19.0 Å². The molecule has 1 atom stereocenters. The van der Waals surface area contributed by atoms with Crippen LogP contribution in [-0.4, -0.2) is 9.55 Å². The molecule has 0 aliphatic rings. The highest BCUT2D eigenvalue weighted by molar-refractivity contribution is 5.64. The van der Waals surface area contributed by atoms with Crippen molar-refractivity contribution in [2.75, 3.05) is 5.73 Å². The zero-order chi connectivity index (χ0) is 17.1. The molecule has 0 saturated carbocycles. The van der Waals surface area contributed by atoms with Gasteiger partial charge in [-0.2, -0.15) is 0 Å². The van der Waals surface area contributed by atoms with E-state index in [4.69, 9.17) is 5.73 Å². The summed E-state index contributed by atoms with van der Waals surface area (Å²) in [5.74, 6) is 0.370. The number of aromatic nitrogens is 2. The Morgan fingerprint density at radius 1 is 1.04 bits per heavy atom. The number of hydrogen-bond donors (Lipinski definition) is 1. The third kappa shape index (κ3) is 3.38. The summed E-state index contributed by atoms with van der Waals surface area (Å²) in [7, 11) is 1.63. The zero-order valence-electron chi connectivity index (χ0n) is 13.9. The van der Waals surface area contributed by atoms with Crippen molar-refractivity contribution in [3.05, 3.63) is 82.3 Å². The van der Waals surface area contributed by atoms with Crippen molar-refractivity contribution in [3.63, 3.8) is 0 Å². The van der Waals surface area contributed by atoms with Gasteiger partial charge in [-0.1, -0.05) is 61.5 Å². The smallest absolute Gasteiger partial charge is 0.254 e. The van der Waals surface area contributed by atoms with Gasteiger partial charge >= 0.3 is 0 Å². The Kier molecular flexibility index (Phi) is 4.47. The Bertz CT molecular complexity index is 900. The number of rotatable bonds is 4. The third-order valence-corrected chi connectivity index (χ3v) is 4.27. The Hall–Kier alpha value is -2.88. The topological polar surface area (TPSA) is 60.9 Å². The molecule has 0 saturated heterocycles. The second-order valence-electron chi connectivity index (χ2n) is 6.11. The molecule has 0 amide bonds. The fourth-order valence-corrected chi connectivity index (χ4v) is 2.79. The molecular weight excluding hydrogens is 298 g/mol. The van der Waals surface area contributed by atoms with Crippen LogP contribution >= 0.6 is 0 Å². The van der Waals surface area contributed by atoms with Crippen molar-refractivity contribution in [3.8, 4) is 11.1 Å². The summed E-state index contributed by atoms with van der Waals surface area (Å²) >= 11 is 0. The van der Waals surface area contributed by atoms with Crippen LogP contribution in [0, 0.1) is 0 Å². The van der Waals surface area contributed by atoms with Gasteiger partial charge in [0.25, 0.3) is 5.56 Å². The second kappa shape index (κ2) is 6.71. The monoisotopic (exact) mass is 319 g/mol. The average Bonchev–Trinajstić information content (AvgIpc) is 2.60. The second-order valence-corrected chi connectivity index (χ2v) is 6.11. The van der Waals surface area contributed by atoms with Crippen LogP contribution in [0.25, 0.3) is 11.1 Å². The van der Waals surface area contributed by atoms with E-state index in [9.17, 15) is 4.79 Å². The van der Waals surface area contributed by atoms with Crippen LogP contribution in [0.5, 0.6) is 0 Å². The lowest BCUT2D eigenvalue weighted by Gasteiger charge is -2.13. The molecule has 122 valence electrons. The van der Waals surface area contributed by atoms with E-state index in [1.54, 1.807) is 13.1 Å². The molecule has 4 heteroatoms. The molecule has 0 fully saturated rings. The Morgan fingerprint density at radius 3 is 2.46 bits per heavy atom.